The van der Waals surface area contributed by atoms with Crippen molar-refractivity contribution in [3.63, 3.8) is 0 Å². The van der Waals surface area contributed by atoms with E-state index in [1.54, 1.807) is 29.4 Å². The van der Waals surface area contributed by atoms with Crippen molar-refractivity contribution in [1.82, 2.24) is 4.98 Å². The van der Waals surface area contributed by atoms with Crippen LogP contribution < -0.4 is 19.7 Å². The number of amides is 2. The first kappa shape index (κ1) is 16.6. The molecule has 1 saturated heterocycles. The molecule has 2 aliphatic rings. The lowest BCUT2D eigenvalue weighted by molar-refractivity contribution is -0.122. The number of rotatable bonds is 3. The van der Waals surface area contributed by atoms with Crippen molar-refractivity contribution in [2.24, 2.45) is 5.92 Å². The normalized spacial score (nSPS) is 17.9. The van der Waals surface area contributed by atoms with Crippen molar-refractivity contribution in [3.05, 3.63) is 54.9 Å². The van der Waals surface area contributed by atoms with E-state index in [2.05, 4.69) is 10.3 Å². The monoisotopic (exact) mass is 375 g/mol. The van der Waals surface area contributed by atoms with E-state index in [4.69, 9.17) is 9.47 Å². The number of carbonyl (C=O) groups is 2. The highest BCUT2D eigenvalue weighted by Gasteiger charge is 2.35. The Labute approximate surface area is 160 Å². The molecule has 0 unspecified atom stereocenters. The van der Waals surface area contributed by atoms with E-state index in [0.29, 0.717) is 23.7 Å². The third kappa shape index (κ3) is 2.81. The number of nitrogens with zero attached hydrogens (tertiary/aromatic N) is 2. The molecule has 1 aromatic heterocycles. The van der Waals surface area contributed by atoms with Crippen LogP contribution in [0.4, 0.5) is 11.4 Å². The summed E-state index contributed by atoms with van der Waals surface area (Å²) < 4.78 is 10.7. The Hall–Kier alpha value is -3.61. The molecule has 0 saturated carbocycles. The Kier molecular flexibility index (Phi) is 3.86. The van der Waals surface area contributed by atoms with Crippen LogP contribution in [0.2, 0.25) is 0 Å². The molecule has 0 spiro atoms. The van der Waals surface area contributed by atoms with Gasteiger partial charge in [0.15, 0.2) is 11.5 Å². The molecule has 140 valence electrons. The van der Waals surface area contributed by atoms with Crippen LogP contribution in [0.15, 0.2) is 54.9 Å². The zero-order valence-corrected chi connectivity index (χ0v) is 14.9. The third-order valence-electron chi connectivity index (χ3n) is 5.10. The van der Waals surface area contributed by atoms with Gasteiger partial charge in [-0.3, -0.25) is 14.6 Å². The fourth-order valence-electron chi connectivity index (χ4n) is 3.65. The van der Waals surface area contributed by atoms with Crippen molar-refractivity contribution < 1.29 is 19.1 Å². The van der Waals surface area contributed by atoms with Crippen LogP contribution in [0.3, 0.4) is 0 Å². The molecule has 1 fully saturated rings. The molecule has 3 aromatic rings. The summed E-state index contributed by atoms with van der Waals surface area (Å²) in [5.74, 6) is 0.606. The first-order chi connectivity index (χ1) is 13.7. The molecule has 2 aromatic carbocycles. The number of anilines is 2. The molecular formula is C21H17N3O4. The topological polar surface area (TPSA) is 80.8 Å². The fraction of sp³-hybridized carbons (Fsp3) is 0.190. The molecule has 28 heavy (non-hydrogen) atoms. The molecule has 2 amide bonds. The first-order valence-corrected chi connectivity index (χ1v) is 9.03. The van der Waals surface area contributed by atoms with Crippen LogP contribution in [-0.4, -0.2) is 30.1 Å². The number of carbonyl (C=O) groups excluding carboxylic acids is 2. The Morgan fingerprint density at radius 2 is 2.04 bits per heavy atom. The Bertz CT molecular complexity index is 1090. The molecule has 7 heteroatoms. The second-order valence-electron chi connectivity index (χ2n) is 6.83. The molecule has 7 nitrogen and oxygen atoms in total. The van der Waals surface area contributed by atoms with Crippen LogP contribution in [0.5, 0.6) is 11.5 Å². The maximum atomic E-state index is 12.8. The van der Waals surface area contributed by atoms with E-state index in [0.717, 1.165) is 16.5 Å². The lowest BCUT2D eigenvalue weighted by atomic mass is 10.1. The van der Waals surface area contributed by atoms with Gasteiger partial charge in [0.2, 0.25) is 18.6 Å². The van der Waals surface area contributed by atoms with E-state index in [1.807, 2.05) is 30.3 Å². The van der Waals surface area contributed by atoms with E-state index >= 15 is 0 Å². The standard InChI is InChI=1S/C21H17N3O4/c25-20-8-14(11-24(20)15-4-5-18-19(9-15)28-12-27-18)21(26)23-17-3-1-2-13-10-22-7-6-16(13)17/h1-7,9-10,14H,8,11-12H2,(H,23,26)/t14-/m0/s1. The minimum Gasteiger partial charge on any atom is -0.454 e. The molecular weight excluding hydrogens is 358 g/mol. The molecule has 0 radical (unpaired) electrons. The number of hydrogen-bond donors (Lipinski definition) is 1. The zero-order chi connectivity index (χ0) is 19.1. The number of benzene rings is 2. The number of hydrogen-bond acceptors (Lipinski definition) is 5. The van der Waals surface area contributed by atoms with Crippen LogP contribution in [0, 0.1) is 5.92 Å². The van der Waals surface area contributed by atoms with Gasteiger partial charge in [-0.25, -0.2) is 0 Å². The minimum absolute atomic E-state index is 0.0823. The molecule has 2 aliphatic heterocycles. The van der Waals surface area contributed by atoms with Gasteiger partial charge in [-0.2, -0.15) is 0 Å². The summed E-state index contributed by atoms with van der Waals surface area (Å²) in [4.78, 5) is 31.1. The van der Waals surface area contributed by atoms with Gasteiger partial charge < -0.3 is 19.7 Å². The van der Waals surface area contributed by atoms with Gasteiger partial charge in [0, 0.05) is 53.6 Å². The van der Waals surface area contributed by atoms with Gasteiger partial charge in [0.05, 0.1) is 5.92 Å². The van der Waals surface area contributed by atoms with Gasteiger partial charge in [-0.15, -0.1) is 0 Å². The average Bonchev–Trinajstić information content (AvgIpc) is 3.34. The Morgan fingerprint density at radius 3 is 2.96 bits per heavy atom. The first-order valence-electron chi connectivity index (χ1n) is 9.03. The summed E-state index contributed by atoms with van der Waals surface area (Å²) in [6.45, 7) is 0.509. The quantitative estimate of drug-likeness (QED) is 0.761. The summed E-state index contributed by atoms with van der Waals surface area (Å²) in [5, 5.41) is 4.84. The maximum absolute atomic E-state index is 12.8. The lowest BCUT2D eigenvalue weighted by Crippen LogP contribution is -2.28. The number of ether oxygens (including phenoxy) is 2. The van der Waals surface area contributed by atoms with E-state index in [9.17, 15) is 9.59 Å². The smallest absolute Gasteiger partial charge is 0.231 e. The van der Waals surface area contributed by atoms with E-state index in [-0.39, 0.29) is 25.0 Å². The molecule has 0 bridgehead atoms. The second kappa shape index (κ2) is 6.53. The van der Waals surface area contributed by atoms with Crippen molar-refractivity contribution in [3.8, 4) is 11.5 Å². The van der Waals surface area contributed by atoms with Gasteiger partial charge in [-0.05, 0) is 24.3 Å². The van der Waals surface area contributed by atoms with Gasteiger partial charge in [-0.1, -0.05) is 12.1 Å². The number of fused-ring (bicyclic) bond motifs is 2. The van der Waals surface area contributed by atoms with Gasteiger partial charge in [0.25, 0.3) is 0 Å². The van der Waals surface area contributed by atoms with Crippen LogP contribution in [-0.2, 0) is 9.59 Å². The predicted octanol–water partition coefficient (Wildman–Crippen LogP) is 2.96. The maximum Gasteiger partial charge on any atom is 0.231 e. The summed E-state index contributed by atoms with van der Waals surface area (Å²) in [5.41, 5.74) is 1.43. The summed E-state index contributed by atoms with van der Waals surface area (Å²) in [7, 11) is 0. The summed E-state index contributed by atoms with van der Waals surface area (Å²) >= 11 is 0. The largest absolute Gasteiger partial charge is 0.454 e. The molecule has 1 N–H and O–H groups in total. The van der Waals surface area contributed by atoms with Gasteiger partial charge in [0.1, 0.15) is 0 Å². The van der Waals surface area contributed by atoms with Crippen molar-refractivity contribution in [1.29, 1.82) is 0 Å². The molecule has 0 aliphatic carbocycles. The van der Waals surface area contributed by atoms with Crippen LogP contribution in [0.1, 0.15) is 6.42 Å². The highest BCUT2D eigenvalue weighted by Crippen LogP contribution is 2.37. The predicted molar refractivity (Wildman–Crippen MR) is 103 cm³/mol. The molecule has 1 atom stereocenters. The highest BCUT2D eigenvalue weighted by molar-refractivity contribution is 6.06. The van der Waals surface area contributed by atoms with E-state index < -0.39 is 5.92 Å². The van der Waals surface area contributed by atoms with Crippen molar-refractivity contribution in [2.45, 2.75) is 6.42 Å². The third-order valence-corrected chi connectivity index (χ3v) is 5.10. The second-order valence-corrected chi connectivity index (χ2v) is 6.83. The number of aromatic nitrogens is 1. The number of nitrogens with one attached hydrogen (secondary N) is 1. The average molecular weight is 375 g/mol. The zero-order valence-electron chi connectivity index (χ0n) is 14.9. The minimum atomic E-state index is -0.421. The Morgan fingerprint density at radius 1 is 1.14 bits per heavy atom. The number of pyridine rings is 1. The van der Waals surface area contributed by atoms with Crippen molar-refractivity contribution in [2.75, 3.05) is 23.6 Å². The Balaban J connectivity index is 1.34. The fourth-order valence-corrected chi connectivity index (χ4v) is 3.65. The lowest BCUT2D eigenvalue weighted by Gasteiger charge is -2.17. The highest BCUT2D eigenvalue weighted by atomic mass is 16.7. The van der Waals surface area contributed by atoms with Gasteiger partial charge >= 0.3 is 0 Å². The summed E-state index contributed by atoms with van der Waals surface area (Å²) in [6, 6.07) is 12.9. The molecule has 5 rings (SSSR count). The van der Waals surface area contributed by atoms with Crippen LogP contribution in [0.25, 0.3) is 10.8 Å². The SMILES string of the molecule is O=C(Nc1cccc2cnccc12)[C@H]1CC(=O)N(c2ccc3c(c2)OCO3)C1. The van der Waals surface area contributed by atoms with E-state index in [1.165, 1.54) is 0 Å². The molecule has 3 heterocycles. The summed E-state index contributed by atoms with van der Waals surface area (Å²) in [6.07, 6.45) is 3.62. The van der Waals surface area contributed by atoms with Crippen LogP contribution >= 0.6 is 0 Å². The van der Waals surface area contributed by atoms with Crippen molar-refractivity contribution >= 4 is 34.0 Å².